The van der Waals surface area contributed by atoms with Gasteiger partial charge in [0.1, 0.15) is 11.6 Å². The van der Waals surface area contributed by atoms with Gasteiger partial charge in [-0.2, -0.15) is 5.10 Å². The van der Waals surface area contributed by atoms with E-state index in [1.807, 2.05) is 30.3 Å². The zero-order valence-corrected chi connectivity index (χ0v) is 18.7. The molecule has 1 heterocycles. The number of halogens is 2. The summed E-state index contributed by atoms with van der Waals surface area (Å²) >= 11 is 0. The summed E-state index contributed by atoms with van der Waals surface area (Å²) in [5.74, 6) is -1.10. The number of aromatic nitrogens is 2. The molecule has 0 radical (unpaired) electrons. The number of nitrogens with zero attached hydrogens (tertiary/aromatic N) is 2. The van der Waals surface area contributed by atoms with Crippen molar-refractivity contribution in [2.75, 3.05) is 6.54 Å². The van der Waals surface area contributed by atoms with Crippen molar-refractivity contribution in [3.05, 3.63) is 108 Å². The number of benzene rings is 3. The first-order chi connectivity index (χ1) is 17.0. The smallest absolute Gasteiger partial charge is 0.315 e. The molecule has 4 aromatic rings. The fraction of sp³-hybridized carbons (Fsp3) is 0.115. The van der Waals surface area contributed by atoms with Crippen LogP contribution in [0.25, 0.3) is 16.9 Å². The van der Waals surface area contributed by atoms with E-state index in [0.29, 0.717) is 11.3 Å². The maximum atomic E-state index is 13.4. The van der Waals surface area contributed by atoms with Gasteiger partial charge in [0.15, 0.2) is 0 Å². The molecule has 178 valence electrons. The molecular weight excluding hydrogens is 452 g/mol. The number of amides is 3. The molecule has 0 aliphatic rings. The Morgan fingerprint density at radius 3 is 2.11 bits per heavy atom. The van der Waals surface area contributed by atoms with E-state index in [2.05, 4.69) is 21.0 Å². The highest BCUT2D eigenvalue weighted by atomic mass is 19.1. The lowest BCUT2D eigenvalue weighted by Gasteiger charge is -2.09. The second kappa shape index (κ2) is 11.1. The van der Waals surface area contributed by atoms with Crippen LogP contribution in [-0.4, -0.2) is 28.3 Å². The molecule has 1 aromatic heterocycles. The monoisotopic (exact) mass is 475 g/mol. The highest BCUT2D eigenvalue weighted by molar-refractivity contribution is 5.84. The third-order valence-corrected chi connectivity index (χ3v) is 5.18. The van der Waals surface area contributed by atoms with Gasteiger partial charge in [-0.05, 0) is 54.1 Å². The van der Waals surface area contributed by atoms with Crippen LogP contribution in [0.5, 0.6) is 0 Å². The number of nitrogens with one attached hydrogen (secondary N) is 3. The van der Waals surface area contributed by atoms with Gasteiger partial charge in [0, 0.05) is 30.4 Å². The second-order valence-electron chi connectivity index (χ2n) is 7.73. The molecule has 4 rings (SSSR count). The molecule has 0 fully saturated rings. The molecule has 0 unspecified atom stereocenters. The van der Waals surface area contributed by atoms with Crippen LogP contribution in [0.4, 0.5) is 13.6 Å². The summed E-state index contributed by atoms with van der Waals surface area (Å²) in [6, 6.07) is 20.7. The van der Waals surface area contributed by atoms with E-state index in [1.54, 1.807) is 35.1 Å². The third-order valence-electron chi connectivity index (χ3n) is 5.18. The van der Waals surface area contributed by atoms with E-state index < -0.39 is 6.03 Å². The van der Waals surface area contributed by atoms with Crippen LogP contribution in [0, 0.1) is 11.6 Å². The van der Waals surface area contributed by atoms with Gasteiger partial charge in [0.25, 0.3) is 0 Å². The summed E-state index contributed by atoms with van der Waals surface area (Å²) in [5, 5.41) is 12.5. The van der Waals surface area contributed by atoms with Gasteiger partial charge in [0.05, 0.1) is 17.9 Å². The molecule has 0 aliphatic carbocycles. The number of rotatable bonds is 8. The Morgan fingerprint density at radius 2 is 1.43 bits per heavy atom. The van der Waals surface area contributed by atoms with Gasteiger partial charge in [0.2, 0.25) is 5.91 Å². The van der Waals surface area contributed by atoms with E-state index in [1.165, 1.54) is 24.3 Å². The lowest BCUT2D eigenvalue weighted by Crippen LogP contribution is -2.41. The molecule has 0 aliphatic heterocycles. The van der Waals surface area contributed by atoms with E-state index in [9.17, 15) is 18.4 Å². The fourth-order valence-electron chi connectivity index (χ4n) is 3.37. The maximum Gasteiger partial charge on any atom is 0.315 e. The highest BCUT2D eigenvalue weighted by Gasteiger charge is 2.14. The van der Waals surface area contributed by atoms with Gasteiger partial charge in [-0.3, -0.25) is 4.79 Å². The van der Waals surface area contributed by atoms with Crippen molar-refractivity contribution < 1.29 is 18.4 Å². The van der Waals surface area contributed by atoms with E-state index >= 15 is 0 Å². The molecule has 0 bridgehead atoms. The standard InChI is InChI=1S/C26H23F2N5O2/c27-21-10-6-18(7-11-21)14-30-26(35)31-16-24(34)29-15-20-17-33(23-4-2-1-3-5-23)32-25(20)19-8-12-22(28)13-9-19/h1-13,17H,14-16H2,(H,29,34)(H2,30,31,35). The van der Waals surface area contributed by atoms with Crippen LogP contribution in [-0.2, 0) is 17.9 Å². The Kier molecular flexibility index (Phi) is 7.47. The molecule has 35 heavy (non-hydrogen) atoms. The topological polar surface area (TPSA) is 88.0 Å². The number of urea groups is 1. The molecule has 0 saturated heterocycles. The quantitative estimate of drug-likeness (QED) is 0.361. The van der Waals surface area contributed by atoms with Crippen molar-refractivity contribution in [3.8, 4) is 16.9 Å². The van der Waals surface area contributed by atoms with Gasteiger partial charge in [-0.25, -0.2) is 18.3 Å². The van der Waals surface area contributed by atoms with Crippen LogP contribution in [0.15, 0.2) is 85.1 Å². The summed E-state index contributed by atoms with van der Waals surface area (Å²) in [5.41, 5.74) is 3.63. The molecule has 0 saturated carbocycles. The first kappa shape index (κ1) is 23.6. The van der Waals surface area contributed by atoms with Crippen molar-refractivity contribution in [2.45, 2.75) is 13.1 Å². The van der Waals surface area contributed by atoms with Crippen LogP contribution >= 0.6 is 0 Å². The summed E-state index contributed by atoms with van der Waals surface area (Å²) in [7, 11) is 0. The van der Waals surface area contributed by atoms with Gasteiger partial charge < -0.3 is 16.0 Å². The fourth-order valence-corrected chi connectivity index (χ4v) is 3.37. The lowest BCUT2D eigenvalue weighted by molar-refractivity contribution is -0.120. The summed E-state index contributed by atoms with van der Waals surface area (Å²) in [4.78, 5) is 24.3. The van der Waals surface area contributed by atoms with Crippen molar-refractivity contribution in [1.82, 2.24) is 25.7 Å². The number of hydrogen-bond donors (Lipinski definition) is 3. The van der Waals surface area contributed by atoms with Crippen molar-refractivity contribution >= 4 is 11.9 Å². The maximum absolute atomic E-state index is 13.4. The zero-order valence-electron chi connectivity index (χ0n) is 18.7. The summed E-state index contributed by atoms with van der Waals surface area (Å²) < 4.78 is 28.1. The number of carbonyl (C=O) groups excluding carboxylic acids is 2. The molecule has 3 amide bonds. The lowest BCUT2D eigenvalue weighted by atomic mass is 10.1. The van der Waals surface area contributed by atoms with Crippen LogP contribution in [0.1, 0.15) is 11.1 Å². The van der Waals surface area contributed by atoms with Gasteiger partial charge in [-0.15, -0.1) is 0 Å². The SMILES string of the molecule is O=C(CNC(=O)NCc1ccc(F)cc1)NCc1cn(-c2ccccc2)nc1-c1ccc(F)cc1. The average molecular weight is 475 g/mol. The van der Waals surface area contributed by atoms with Crippen molar-refractivity contribution in [1.29, 1.82) is 0 Å². The molecular formula is C26H23F2N5O2. The largest absolute Gasteiger partial charge is 0.350 e. The van der Waals surface area contributed by atoms with Crippen LogP contribution in [0.2, 0.25) is 0 Å². The molecule has 7 nitrogen and oxygen atoms in total. The molecule has 0 atom stereocenters. The molecule has 9 heteroatoms. The first-order valence-corrected chi connectivity index (χ1v) is 10.9. The summed E-state index contributed by atoms with van der Waals surface area (Å²) in [6.07, 6.45) is 1.80. The van der Waals surface area contributed by atoms with Gasteiger partial charge >= 0.3 is 6.03 Å². The van der Waals surface area contributed by atoms with Crippen LogP contribution < -0.4 is 16.0 Å². The second-order valence-corrected chi connectivity index (χ2v) is 7.73. The number of hydrogen-bond acceptors (Lipinski definition) is 3. The third kappa shape index (κ3) is 6.50. The van der Waals surface area contributed by atoms with Crippen LogP contribution in [0.3, 0.4) is 0 Å². The summed E-state index contributed by atoms with van der Waals surface area (Å²) in [6.45, 7) is 0.138. The Hall–Kier alpha value is -4.53. The predicted octanol–water partition coefficient (Wildman–Crippen LogP) is 3.93. The minimum absolute atomic E-state index is 0.164. The Bertz CT molecular complexity index is 1290. The first-order valence-electron chi connectivity index (χ1n) is 10.9. The van der Waals surface area contributed by atoms with E-state index in [0.717, 1.165) is 16.8 Å². The Balaban J connectivity index is 1.35. The normalized spacial score (nSPS) is 10.6. The van der Waals surface area contributed by atoms with Crippen molar-refractivity contribution in [2.24, 2.45) is 0 Å². The average Bonchev–Trinajstić information content (AvgIpc) is 3.31. The minimum atomic E-state index is -0.520. The van der Waals surface area contributed by atoms with E-state index in [-0.39, 0.29) is 37.2 Å². The Labute approximate surface area is 200 Å². The van der Waals surface area contributed by atoms with Gasteiger partial charge in [-0.1, -0.05) is 30.3 Å². The zero-order chi connectivity index (χ0) is 24.6. The molecule has 0 spiro atoms. The van der Waals surface area contributed by atoms with E-state index in [4.69, 9.17) is 0 Å². The van der Waals surface area contributed by atoms with Crippen molar-refractivity contribution in [3.63, 3.8) is 0 Å². The minimum Gasteiger partial charge on any atom is -0.350 e. The molecule has 3 aromatic carbocycles. The molecule has 3 N–H and O–H groups in total. The number of carbonyl (C=O) groups is 2. The predicted molar refractivity (Wildman–Crippen MR) is 127 cm³/mol. The number of para-hydroxylation sites is 1. The highest BCUT2D eigenvalue weighted by Crippen LogP contribution is 2.24. The Morgan fingerprint density at radius 1 is 0.771 bits per heavy atom.